The number of hydrogen-bond acceptors (Lipinski definition) is 3. The third-order valence-corrected chi connectivity index (χ3v) is 2.40. The topological polar surface area (TPSA) is 103 Å². The van der Waals surface area contributed by atoms with Crippen LogP contribution in [0.1, 0.15) is 15.9 Å². The van der Waals surface area contributed by atoms with E-state index in [9.17, 15) is 4.79 Å². The first kappa shape index (κ1) is 10.8. The maximum absolute atomic E-state index is 10.8. The van der Waals surface area contributed by atoms with Crippen LogP contribution < -0.4 is 5.73 Å². The Kier molecular flexibility index (Phi) is 2.55. The van der Waals surface area contributed by atoms with Crippen molar-refractivity contribution in [1.29, 1.82) is 5.26 Å². The van der Waals surface area contributed by atoms with E-state index in [1.807, 2.05) is 6.07 Å². The van der Waals surface area contributed by atoms with Crippen LogP contribution in [0.25, 0.3) is 11.3 Å². The summed E-state index contributed by atoms with van der Waals surface area (Å²) in [4.78, 5) is 13.6. The summed E-state index contributed by atoms with van der Waals surface area (Å²) in [6, 6.07) is 10.3. The number of aromatic nitrogens is 1. The number of nitriles is 1. The second-order valence-corrected chi connectivity index (χ2v) is 3.50. The summed E-state index contributed by atoms with van der Waals surface area (Å²) < 4.78 is 0. The minimum Gasteiger partial charge on any atom is -0.478 e. The van der Waals surface area contributed by atoms with Crippen LogP contribution in [-0.2, 0) is 0 Å². The molecule has 0 radical (unpaired) electrons. The van der Waals surface area contributed by atoms with Crippen LogP contribution in [0.4, 0.5) is 5.82 Å². The van der Waals surface area contributed by atoms with E-state index in [0.29, 0.717) is 11.3 Å². The number of nitrogen functional groups attached to an aromatic ring is 1. The molecule has 0 aliphatic rings. The van der Waals surface area contributed by atoms with Crippen molar-refractivity contribution < 1.29 is 9.90 Å². The fourth-order valence-corrected chi connectivity index (χ4v) is 1.53. The minimum absolute atomic E-state index is 0.0457. The Hall–Kier alpha value is -2.74. The number of hydrogen-bond donors (Lipinski definition) is 3. The maximum atomic E-state index is 10.8. The molecule has 0 aliphatic heterocycles. The molecule has 0 spiro atoms. The lowest BCUT2D eigenvalue weighted by atomic mass is 10.1. The number of carbonyl (C=O) groups is 1. The van der Waals surface area contributed by atoms with Crippen LogP contribution in [0.3, 0.4) is 0 Å². The van der Waals surface area contributed by atoms with Crippen LogP contribution in [0.2, 0.25) is 0 Å². The van der Waals surface area contributed by atoms with Crippen LogP contribution in [-0.4, -0.2) is 16.1 Å². The fourth-order valence-electron chi connectivity index (χ4n) is 1.53. The first-order chi connectivity index (χ1) is 8.11. The summed E-state index contributed by atoms with van der Waals surface area (Å²) in [7, 11) is 0. The van der Waals surface area contributed by atoms with Gasteiger partial charge < -0.3 is 15.8 Å². The van der Waals surface area contributed by atoms with Crippen molar-refractivity contribution in [2.75, 3.05) is 5.73 Å². The average Bonchev–Trinajstić information content (AvgIpc) is 2.71. The van der Waals surface area contributed by atoms with Gasteiger partial charge in [0.05, 0.1) is 11.6 Å². The number of nitrogens with two attached hydrogens (primary N) is 1. The van der Waals surface area contributed by atoms with Gasteiger partial charge in [-0.2, -0.15) is 5.26 Å². The highest BCUT2D eigenvalue weighted by atomic mass is 16.4. The molecular formula is C12H9N3O2. The molecule has 1 aromatic carbocycles. The summed E-state index contributed by atoms with van der Waals surface area (Å²) in [5.41, 5.74) is 7.54. The van der Waals surface area contributed by atoms with E-state index >= 15 is 0 Å². The monoisotopic (exact) mass is 227 g/mol. The second kappa shape index (κ2) is 4.02. The van der Waals surface area contributed by atoms with Gasteiger partial charge in [-0.05, 0) is 23.8 Å². The van der Waals surface area contributed by atoms with E-state index in [4.69, 9.17) is 16.1 Å². The molecule has 5 heteroatoms. The van der Waals surface area contributed by atoms with Gasteiger partial charge in [-0.1, -0.05) is 12.1 Å². The van der Waals surface area contributed by atoms with Crippen molar-refractivity contribution in [3.05, 3.63) is 41.5 Å². The van der Waals surface area contributed by atoms with Gasteiger partial charge >= 0.3 is 5.97 Å². The number of carboxylic acids is 1. The molecule has 5 nitrogen and oxygen atoms in total. The average molecular weight is 227 g/mol. The first-order valence-electron chi connectivity index (χ1n) is 4.84. The minimum atomic E-state index is -1.07. The number of H-pyrrole nitrogens is 1. The van der Waals surface area contributed by atoms with Gasteiger partial charge in [-0.15, -0.1) is 0 Å². The van der Waals surface area contributed by atoms with Crippen LogP contribution >= 0.6 is 0 Å². The number of benzene rings is 1. The van der Waals surface area contributed by atoms with Crippen LogP contribution in [0.5, 0.6) is 0 Å². The maximum Gasteiger partial charge on any atom is 0.339 e. The van der Waals surface area contributed by atoms with Gasteiger partial charge in [0.2, 0.25) is 0 Å². The molecular weight excluding hydrogens is 218 g/mol. The number of nitrogens with zero attached hydrogens (tertiary/aromatic N) is 1. The predicted octanol–water partition coefficient (Wildman–Crippen LogP) is 1.83. The van der Waals surface area contributed by atoms with E-state index in [-0.39, 0.29) is 11.4 Å². The number of anilines is 1. The van der Waals surface area contributed by atoms with Gasteiger partial charge in [0.15, 0.2) is 0 Å². The lowest BCUT2D eigenvalue weighted by Gasteiger charge is -1.97. The summed E-state index contributed by atoms with van der Waals surface area (Å²) in [6.07, 6.45) is 0. The number of aromatic amines is 1. The molecule has 0 fully saturated rings. The van der Waals surface area contributed by atoms with E-state index in [0.717, 1.165) is 5.56 Å². The van der Waals surface area contributed by atoms with Gasteiger partial charge in [0.25, 0.3) is 0 Å². The molecule has 1 heterocycles. The smallest absolute Gasteiger partial charge is 0.339 e. The van der Waals surface area contributed by atoms with E-state index in [1.165, 1.54) is 6.07 Å². The summed E-state index contributed by atoms with van der Waals surface area (Å²) in [6.45, 7) is 0. The largest absolute Gasteiger partial charge is 0.478 e. The number of nitrogens with one attached hydrogen (secondary N) is 1. The molecule has 0 saturated carbocycles. The van der Waals surface area contributed by atoms with Crippen molar-refractivity contribution in [1.82, 2.24) is 4.98 Å². The SMILES string of the molecule is N#Cc1ccc(-c2cc(C(=O)O)c(N)[nH]2)cc1. The van der Waals surface area contributed by atoms with E-state index in [2.05, 4.69) is 4.98 Å². The van der Waals surface area contributed by atoms with Gasteiger partial charge in [0, 0.05) is 5.69 Å². The molecule has 0 bridgehead atoms. The highest BCUT2D eigenvalue weighted by Crippen LogP contribution is 2.23. The third kappa shape index (κ3) is 1.96. The molecule has 0 unspecified atom stereocenters. The highest BCUT2D eigenvalue weighted by Gasteiger charge is 2.12. The Morgan fingerprint density at radius 3 is 2.47 bits per heavy atom. The number of carboxylic acid groups (broad SMARTS) is 1. The Labute approximate surface area is 97.1 Å². The Morgan fingerprint density at radius 1 is 1.35 bits per heavy atom. The molecule has 17 heavy (non-hydrogen) atoms. The third-order valence-electron chi connectivity index (χ3n) is 2.40. The van der Waals surface area contributed by atoms with Crippen molar-refractivity contribution in [3.8, 4) is 17.3 Å². The van der Waals surface area contributed by atoms with Crippen molar-refractivity contribution in [3.63, 3.8) is 0 Å². The summed E-state index contributed by atoms with van der Waals surface area (Å²) in [5, 5.41) is 17.5. The van der Waals surface area contributed by atoms with Gasteiger partial charge in [0.1, 0.15) is 11.4 Å². The van der Waals surface area contributed by atoms with Crippen LogP contribution in [0, 0.1) is 11.3 Å². The first-order valence-corrected chi connectivity index (χ1v) is 4.84. The molecule has 0 saturated heterocycles. The molecule has 84 valence electrons. The standard InChI is InChI=1S/C12H9N3O2/c13-6-7-1-3-8(4-2-7)10-5-9(12(16)17)11(14)15-10/h1-5,15H,14H2,(H,16,17). The summed E-state index contributed by atoms with van der Waals surface area (Å²) >= 11 is 0. The molecule has 0 atom stereocenters. The van der Waals surface area contributed by atoms with Crippen LogP contribution in [0.15, 0.2) is 30.3 Å². The van der Waals surface area contributed by atoms with Crippen molar-refractivity contribution >= 4 is 11.8 Å². The summed E-state index contributed by atoms with van der Waals surface area (Å²) in [5.74, 6) is -0.949. The zero-order valence-corrected chi connectivity index (χ0v) is 8.77. The van der Waals surface area contributed by atoms with E-state index in [1.54, 1.807) is 24.3 Å². The Balaban J connectivity index is 2.43. The zero-order valence-electron chi connectivity index (χ0n) is 8.77. The molecule has 4 N–H and O–H groups in total. The lowest BCUT2D eigenvalue weighted by Crippen LogP contribution is -1.98. The Bertz CT molecular complexity index is 606. The highest BCUT2D eigenvalue weighted by molar-refractivity contribution is 5.94. The predicted molar refractivity (Wildman–Crippen MR) is 62.3 cm³/mol. The number of aromatic carboxylic acids is 1. The second-order valence-electron chi connectivity index (χ2n) is 3.50. The molecule has 0 aliphatic carbocycles. The molecule has 1 aromatic heterocycles. The van der Waals surface area contributed by atoms with Crippen molar-refractivity contribution in [2.45, 2.75) is 0 Å². The Morgan fingerprint density at radius 2 is 2.00 bits per heavy atom. The number of rotatable bonds is 2. The zero-order chi connectivity index (χ0) is 12.4. The fraction of sp³-hybridized carbons (Fsp3) is 0. The molecule has 2 aromatic rings. The van der Waals surface area contributed by atoms with Crippen molar-refractivity contribution in [2.24, 2.45) is 0 Å². The van der Waals surface area contributed by atoms with Gasteiger partial charge in [-0.3, -0.25) is 0 Å². The quantitative estimate of drug-likeness (QED) is 0.728. The lowest BCUT2D eigenvalue weighted by molar-refractivity contribution is 0.0698. The molecule has 2 rings (SSSR count). The van der Waals surface area contributed by atoms with E-state index < -0.39 is 5.97 Å². The molecule has 0 amide bonds. The normalized spacial score (nSPS) is 9.82. The van der Waals surface area contributed by atoms with Gasteiger partial charge in [-0.25, -0.2) is 4.79 Å².